The number of rotatable bonds is 7. The van der Waals surface area contributed by atoms with Crippen molar-refractivity contribution in [2.45, 2.75) is 32.7 Å². The van der Waals surface area contributed by atoms with E-state index in [-0.39, 0.29) is 17.9 Å². The van der Waals surface area contributed by atoms with Crippen LogP contribution >= 0.6 is 0 Å². The van der Waals surface area contributed by atoms with E-state index in [1.807, 2.05) is 31.2 Å². The van der Waals surface area contributed by atoms with Gasteiger partial charge < -0.3 is 19.7 Å². The Balaban J connectivity index is 1.41. The van der Waals surface area contributed by atoms with Crippen LogP contribution < -0.4 is 19.7 Å². The molecule has 1 atom stereocenters. The fourth-order valence-corrected chi connectivity index (χ4v) is 3.45. The van der Waals surface area contributed by atoms with Crippen LogP contribution in [-0.2, 0) is 4.79 Å². The van der Waals surface area contributed by atoms with Gasteiger partial charge in [0.15, 0.2) is 0 Å². The van der Waals surface area contributed by atoms with Crippen LogP contribution in [0.4, 0.5) is 5.69 Å². The number of hydrogen-bond acceptors (Lipinski definition) is 4. The number of carbonyl (C=O) groups is 1. The second kappa shape index (κ2) is 9.49. The van der Waals surface area contributed by atoms with E-state index in [1.54, 1.807) is 7.11 Å². The molecule has 1 N–H and O–H groups in total. The molecule has 1 aliphatic heterocycles. The van der Waals surface area contributed by atoms with E-state index in [2.05, 4.69) is 41.4 Å². The van der Waals surface area contributed by atoms with Crippen molar-refractivity contribution in [2.75, 3.05) is 31.7 Å². The van der Waals surface area contributed by atoms with Gasteiger partial charge in [-0.15, -0.1) is 0 Å². The lowest BCUT2D eigenvalue weighted by atomic mass is 9.95. The second-order valence-corrected chi connectivity index (χ2v) is 7.49. The molecule has 0 spiro atoms. The summed E-state index contributed by atoms with van der Waals surface area (Å²) in [5.41, 5.74) is 2.51. The summed E-state index contributed by atoms with van der Waals surface area (Å²) in [5, 5.41) is 3.10. The molecule has 2 aromatic rings. The highest BCUT2D eigenvalue weighted by molar-refractivity contribution is 5.79. The number of amides is 1. The first-order valence-corrected chi connectivity index (χ1v) is 9.94. The highest BCUT2D eigenvalue weighted by Crippen LogP contribution is 2.24. The predicted molar refractivity (Wildman–Crippen MR) is 112 cm³/mol. The molecular formula is C23H30N2O3. The van der Waals surface area contributed by atoms with Crippen molar-refractivity contribution in [3.63, 3.8) is 0 Å². The third kappa shape index (κ3) is 5.41. The molecule has 5 nitrogen and oxygen atoms in total. The molecule has 1 saturated heterocycles. The van der Waals surface area contributed by atoms with E-state index in [4.69, 9.17) is 9.47 Å². The number of hydrogen-bond donors (Lipinski definition) is 1. The van der Waals surface area contributed by atoms with Crippen LogP contribution in [0.15, 0.2) is 48.5 Å². The van der Waals surface area contributed by atoms with Crippen LogP contribution in [0.1, 0.15) is 25.3 Å². The number of methoxy groups -OCH3 is 1. The van der Waals surface area contributed by atoms with Gasteiger partial charge in [-0.2, -0.15) is 0 Å². The van der Waals surface area contributed by atoms with Crippen molar-refractivity contribution >= 4 is 11.6 Å². The van der Waals surface area contributed by atoms with Crippen molar-refractivity contribution in [3.05, 3.63) is 54.1 Å². The van der Waals surface area contributed by atoms with Gasteiger partial charge in [-0.3, -0.25) is 4.79 Å². The summed E-state index contributed by atoms with van der Waals surface area (Å²) < 4.78 is 10.9. The molecule has 3 rings (SSSR count). The second-order valence-electron chi connectivity index (χ2n) is 7.49. The lowest BCUT2D eigenvalue weighted by molar-refractivity contribution is -0.126. The Hall–Kier alpha value is -2.69. The van der Waals surface area contributed by atoms with Gasteiger partial charge in [-0.05, 0) is 63.1 Å². The topological polar surface area (TPSA) is 50.8 Å². The average Bonchev–Trinajstić information content (AvgIpc) is 2.73. The molecule has 0 saturated carbocycles. The summed E-state index contributed by atoms with van der Waals surface area (Å²) in [7, 11) is 1.64. The lowest BCUT2D eigenvalue weighted by Gasteiger charge is -2.33. The van der Waals surface area contributed by atoms with Gasteiger partial charge >= 0.3 is 0 Å². The zero-order chi connectivity index (χ0) is 19.9. The largest absolute Gasteiger partial charge is 0.497 e. The first-order valence-electron chi connectivity index (χ1n) is 9.94. The molecule has 150 valence electrons. The van der Waals surface area contributed by atoms with Crippen LogP contribution in [0.5, 0.6) is 11.5 Å². The fourth-order valence-electron chi connectivity index (χ4n) is 3.45. The molecule has 0 bridgehead atoms. The SMILES string of the molecule is COc1ccc(OCC(C)NC(=O)C2CCN(c3ccc(C)cc3)CC2)cc1. The molecule has 0 radical (unpaired) electrons. The summed E-state index contributed by atoms with van der Waals surface area (Å²) >= 11 is 0. The third-order valence-corrected chi connectivity index (χ3v) is 5.21. The Labute approximate surface area is 167 Å². The maximum absolute atomic E-state index is 12.6. The van der Waals surface area contributed by atoms with Gasteiger partial charge in [0, 0.05) is 24.7 Å². The predicted octanol–water partition coefficient (Wildman–Crippen LogP) is 3.80. The summed E-state index contributed by atoms with van der Waals surface area (Å²) in [6.45, 7) is 6.35. The summed E-state index contributed by atoms with van der Waals surface area (Å²) in [5.74, 6) is 1.78. The zero-order valence-electron chi connectivity index (χ0n) is 17.0. The van der Waals surface area contributed by atoms with E-state index in [1.165, 1.54) is 11.3 Å². The first kappa shape index (κ1) is 20.1. The standard InChI is InChI=1S/C23H30N2O3/c1-17-4-6-20(7-5-17)25-14-12-19(13-15-25)23(26)24-18(2)16-28-22-10-8-21(27-3)9-11-22/h4-11,18-19H,12-16H2,1-3H3,(H,24,26). The molecule has 1 heterocycles. The summed E-state index contributed by atoms with van der Waals surface area (Å²) in [4.78, 5) is 15.0. The zero-order valence-corrected chi connectivity index (χ0v) is 17.0. The quantitative estimate of drug-likeness (QED) is 0.791. The monoisotopic (exact) mass is 382 g/mol. The lowest BCUT2D eigenvalue weighted by Crippen LogP contribution is -2.44. The Kier molecular flexibility index (Phi) is 6.80. The van der Waals surface area contributed by atoms with Crippen LogP contribution in [0.2, 0.25) is 0 Å². The number of piperidine rings is 1. The van der Waals surface area contributed by atoms with Crippen molar-refractivity contribution < 1.29 is 14.3 Å². The number of anilines is 1. The molecule has 1 fully saturated rings. The molecule has 1 aliphatic rings. The van der Waals surface area contributed by atoms with Crippen molar-refractivity contribution in [1.29, 1.82) is 0 Å². The molecule has 2 aromatic carbocycles. The maximum Gasteiger partial charge on any atom is 0.223 e. The first-order chi connectivity index (χ1) is 13.5. The molecule has 1 amide bonds. The minimum Gasteiger partial charge on any atom is -0.497 e. The fraction of sp³-hybridized carbons (Fsp3) is 0.435. The number of aryl methyl sites for hydroxylation is 1. The van der Waals surface area contributed by atoms with Crippen molar-refractivity contribution in [3.8, 4) is 11.5 Å². The summed E-state index contributed by atoms with van der Waals surface area (Å²) in [6.07, 6.45) is 1.76. The van der Waals surface area contributed by atoms with Gasteiger partial charge in [-0.1, -0.05) is 17.7 Å². The van der Waals surface area contributed by atoms with Gasteiger partial charge in [-0.25, -0.2) is 0 Å². The van der Waals surface area contributed by atoms with Gasteiger partial charge in [0.1, 0.15) is 18.1 Å². The van der Waals surface area contributed by atoms with Crippen molar-refractivity contribution in [1.82, 2.24) is 5.32 Å². The van der Waals surface area contributed by atoms with E-state index in [9.17, 15) is 4.79 Å². The number of carbonyl (C=O) groups excluding carboxylic acids is 1. The van der Waals surface area contributed by atoms with Crippen LogP contribution in [0.3, 0.4) is 0 Å². The molecule has 5 heteroatoms. The third-order valence-electron chi connectivity index (χ3n) is 5.21. The number of nitrogens with one attached hydrogen (secondary N) is 1. The van der Waals surface area contributed by atoms with Crippen LogP contribution in [0, 0.1) is 12.8 Å². The smallest absolute Gasteiger partial charge is 0.223 e. The van der Waals surface area contributed by atoms with E-state index >= 15 is 0 Å². The number of nitrogens with zero attached hydrogens (tertiary/aromatic N) is 1. The van der Waals surface area contributed by atoms with Crippen molar-refractivity contribution in [2.24, 2.45) is 5.92 Å². The molecule has 1 unspecified atom stereocenters. The average molecular weight is 383 g/mol. The Bertz CT molecular complexity index is 750. The molecule has 0 aromatic heterocycles. The Morgan fingerprint density at radius 2 is 1.68 bits per heavy atom. The van der Waals surface area contributed by atoms with E-state index in [0.717, 1.165) is 37.4 Å². The minimum absolute atomic E-state index is 0.0373. The Morgan fingerprint density at radius 3 is 2.29 bits per heavy atom. The molecule has 0 aliphatic carbocycles. The molecule has 28 heavy (non-hydrogen) atoms. The van der Waals surface area contributed by atoms with E-state index in [0.29, 0.717) is 6.61 Å². The van der Waals surface area contributed by atoms with Crippen LogP contribution in [-0.4, -0.2) is 38.8 Å². The van der Waals surface area contributed by atoms with Gasteiger partial charge in [0.2, 0.25) is 5.91 Å². The number of benzene rings is 2. The Morgan fingerprint density at radius 1 is 1.07 bits per heavy atom. The highest BCUT2D eigenvalue weighted by Gasteiger charge is 2.26. The van der Waals surface area contributed by atoms with Crippen LogP contribution in [0.25, 0.3) is 0 Å². The minimum atomic E-state index is -0.0373. The molecular weight excluding hydrogens is 352 g/mol. The van der Waals surface area contributed by atoms with E-state index < -0.39 is 0 Å². The summed E-state index contributed by atoms with van der Waals surface area (Å²) in [6, 6.07) is 16.0. The normalized spacial score (nSPS) is 15.8. The maximum atomic E-state index is 12.6. The number of ether oxygens (including phenoxy) is 2. The van der Waals surface area contributed by atoms with Gasteiger partial charge in [0.05, 0.1) is 13.2 Å². The highest BCUT2D eigenvalue weighted by atomic mass is 16.5. The van der Waals surface area contributed by atoms with Gasteiger partial charge in [0.25, 0.3) is 0 Å².